The van der Waals surface area contributed by atoms with Crippen LogP contribution in [-0.4, -0.2) is 46.7 Å². The van der Waals surface area contributed by atoms with Crippen LogP contribution in [0.2, 0.25) is 0 Å². The van der Waals surface area contributed by atoms with Crippen molar-refractivity contribution in [2.24, 2.45) is 5.92 Å². The highest BCUT2D eigenvalue weighted by atomic mass is 16.5. The lowest BCUT2D eigenvalue weighted by atomic mass is 9.98. The first-order chi connectivity index (χ1) is 13.1. The second kappa shape index (κ2) is 8.79. The first-order valence-electron chi connectivity index (χ1n) is 9.40. The van der Waals surface area contributed by atoms with Crippen molar-refractivity contribution in [2.45, 2.75) is 39.5 Å². The van der Waals surface area contributed by atoms with E-state index in [0.29, 0.717) is 37.9 Å². The van der Waals surface area contributed by atoms with Crippen LogP contribution in [0.5, 0.6) is 0 Å². The van der Waals surface area contributed by atoms with E-state index in [0.717, 1.165) is 24.0 Å². The van der Waals surface area contributed by atoms with E-state index in [-0.39, 0.29) is 24.2 Å². The fourth-order valence-electron chi connectivity index (χ4n) is 3.20. The Balaban J connectivity index is 1.53. The quantitative estimate of drug-likeness (QED) is 0.726. The fraction of sp³-hybridized carbons (Fsp3) is 0.500. The van der Waals surface area contributed by atoms with Crippen molar-refractivity contribution in [3.63, 3.8) is 0 Å². The summed E-state index contributed by atoms with van der Waals surface area (Å²) in [5.74, 6) is 0.462. The van der Waals surface area contributed by atoms with Gasteiger partial charge in [0.15, 0.2) is 0 Å². The molecule has 0 radical (unpaired) electrons. The number of carbonyl (C=O) groups excluding carboxylic acids is 2. The van der Waals surface area contributed by atoms with E-state index in [1.165, 1.54) is 0 Å². The molecule has 1 aromatic carbocycles. The Bertz CT molecular complexity index is 785. The van der Waals surface area contributed by atoms with Gasteiger partial charge in [0, 0.05) is 31.5 Å². The van der Waals surface area contributed by atoms with E-state index >= 15 is 0 Å². The Kier molecular flexibility index (Phi) is 6.21. The number of hydrogen-bond donors (Lipinski definition) is 0. The van der Waals surface area contributed by atoms with Crippen molar-refractivity contribution >= 4 is 11.9 Å². The number of aromatic nitrogens is 2. The Hall–Kier alpha value is -2.70. The molecule has 7 nitrogen and oxygen atoms in total. The molecule has 0 aliphatic carbocycles. The topological polar surface area (TPSA) is 85.5 Å². The lowest BCUT2D eigenvalue weighted by molar-refractivity contribution is -0.151. The van der Waals surface area contributed by atoms with Crippen LogP contribution in [0.4, 0.5) is 0 Å². The normalized spacial score (nSPS) is 17.0. The van der Waals surface area contributed by atoms with Gasteiger partial charge in [-0.3, -0.25) is 9.59 Å². The molecule has 27 heavy (non-hydrogen) atoms. The largest absolute Gasteiger partial charge is 0.466 e. The summed E-state index contributed by atoms with van der Waals surface area (Å²) in [7, 11) is 0. The van der Waals surface area contributed by atoms with Crippen molar-refractivity contribution in [2.75, 3.05) is 19.7 Å². The molecule has 1 atom stereocenters. The van der Waals surface area contributed by atoms with E-state index in [4.69, 9.17) is 9.15 Å². The average molecular weight is 371 g/mol. The molecule has 0 N–H and O–H groups in total. The molecular formula is C20H25N3O4. The number of amides is 1. The lowest BCUT2D eigenvalue weighted by Gasteiger charge is -2.31. The van der Waals surface area contributed by atoms with Gasteiger partial charge < -0.3 is 14.1 Å². The zero-order chi connectivity index (χ0) is 19.2. The lowest BCUT2D eigenvalue weighted by Crippen LogP contribution is -2.42. The van der Waals surface area contributed by atoms with Gasteiger partial charge in [-0.25, -0.2) is 0 Å². The monoisotopic (exact) mass is 371 g/mol. The van der Waals surface area contributed by atoms with Crippen molar-refractivity contribution in [1.82, 2.24) is 15.1 Å². The number of aryl methyl sites for hydroxylation is 2. The molecule has 7 heteroatoms. The third-order valence-electron chi connectivity index (χ3n) is 4.71. The molecule has 144 valence electrons. The summed E-state index contributed by atoms with van der Waals surface area (Å²) in [6.45, 7) is 5.27. The Morgan fingerprint density at radius 3 is 2.78 bits per heavy atom. The van der Waals surface area contributed by atoms with Crippen molar-refractivity contribution in [3.8, 4) is 11.5 Å². The number of piperidine rings is 1. The number of likely N-dealkylation sites (tertiary alicyclic amines) is 1. The van der Waals surface area contributed by atoms with Gasteiger partial charge in [0.05, 0.1) is 12.5 Å². The van der Waals surface area contributed by atoms with E-state index in [2.05, 4.69) is 10.2 Å². The van der Waals surface area contributed by atoms with Crippen LogP contribution in [0.15, 0.2) is 28.7 Å². The highest BCUT2D eigenvalue weighted by molar-refractivity contribution is 5.78. The molecule has 1 fully saturated rings. The van der Waals surface area contributed by atoms with Gasteiger partial charge in [-0.1, -0.05) is 17.7 Å². The molecule has 1 aliphatic rings. The third-order valence-corrected chi connectivity index (χ3v) is 4.71. The molecule has 1 aliphatic heterocycles. The minimum atomic E-state index is -0.223. The maximum atomic E-state index is 12.5. The van der Waals surface area contributed by atoms with Crippen molar-refractivity contribution in [3.05, 3.63) is 35.7 Å². The molecule has 0 bridgehead atoms. The average Bonchev–Trinajstić information content (AvgIpc) is 3.16. The minimum Gasteiger partial charge on any atom is -0.466 e. The third kappa shape index (κ3) is 4.93. The van der Waals surface area contributed by atoms with Gasteiger partial charge in [-0.2, -0.15) is 0 Å². The summed E-state index contributed by atoms with van der Waals surface area (Å²) in [6, 6.07) is 7.83. The first kappa shape index (κ1) is 19.1. The number of nitrogens with zero attached hydrogens (tertiary/aromatic N) is 3. The van der Waals surface area contributed by atoms with Crippen LogP contribution in [-0.2, 0) is 20.7 Å². The second-order valence-electron chi connectivity index (χ2n) is 6.80. The molecule has 0 saturated carbocycles. The van der Waals surface area contributed by atoms with E-state index in [9.17, 15) is 9.59 Å². The summed E-state index contributed by atoms with van der Waals surface area (Å²) >= 11 is 0. The zero-order valence-electron chi connectivity index (χ0n) is 15.8. The summed E-state index contributed by atoms with van der Waals surface area (Å²) in [5, 5.41) is 8.10. The highest BCUT2D eigenvalue weighted by Crippen LogP contribution is 2.21. The summed E-state index contributed by atoms with van der Waals surface area (Å²) in [5.41, 5.74) is 2.02. The predicted octanol–water partition coefficient (Wildman–Crippen LogP) is 2.78. The van der Waals surface area contributed by atoms with Crippen LogP contribution in [0.1, 0.15) is 37.6 Å². The molecule has 1 amide bonds. The SMILES string of the molecule is CCOC(=O)C1CCCN(C(=O)CCc2nnc(-c3ccc(C)cc3)o2)C1. The maximum Gasteiger partial charge on any atom is 0.310 e. The summed E-state index contributed by atoms with van der Waals surface area (Å²) < 4.78 is 10.8. The Morgan fingerprint density at radius 1 is 1.26 bits per heavy atom. The maximum absolute atomic E-state index is 12.5. The highest BCUT2D eigenvalue weighted by Gasteiger charge is 2.29. The summed E-state index contributed by atoms with van der Waals surface area (Å²) in [4.78, 5) is 26.1. The standard InChI is InChI=1S/C20H25N3O4/c1-3-26-20(25)16-5-4-12-23(13-16)18(24)11-10-17-21-22-19(27-17)15-8-6-14(2)7-9-15/h6-9,16H,3-5,10-13H2,1-2H3. The molecule has 0 spiro atoms. The summed E-state index contributed by atoms with van der Waals surface area (Å²) in [6.07, 6.45) is 2.25. The van der Waals surface area contributed by atoms with Gasteiger partial charge in [0.25, 0.3) is 0 Å². The number of carbonyl (C=O) groups is 2. The van der Waals surface area contributed by atoms with Gasteiger partial charge in [0.2, 0.25) is 17.7 Å². The molecule has 2 heterocycles. The molecule has 2 aromatic rings. The van der Waals surface area contributed by atoms with Crippen LogP contribution in [0, 0.1) is 12.8 Å². The number of benzene rings is 1. The molecular weight excluding hydrogens is 346 g/mol. The van der Waals surface area contributed by atoms with Crippen molar-refractivity contribution in [1.29, 1.82) is 0 Å². The number of esters is 1. The van der Waals surface area contributed by atoms with Gasteiger partial charge in [-0.05, 0) is 38.8 Å². The molecule has 1 unspecified atom stereocenters. The van der Waals surface area contributed by atoms with Crippen molar-refractivity contribution < 1.29 is 18.7 Å². The predicted molar refractivity (Wildman–Crippen MR) is 98.7 cm³/mol. The zero-order valence-corrected chi connectivity index (χ0v) is 15.8. The van der Waals surface area contributed by atoms with Gasteiger partial charge in [-0.15, -0.1) is 10.2 Å². The van der Waals surface area contributed by atoms with Crippen LogP contribution < -0.4 is 0 Å². The fourth-order valence-corrected chi connectivity index (χ4v) is 3.20. The van der Waals surface area contributed by atoms with Crippen LogP contribution >= 0.6 is 0 Å². The van der Waals surface area contributed by atoms with Crippen LogP contribution in [0.3, 0.4) is 0 Å². The minimum absolute atomic E-state index is 0.000848. The Labute approximate surface area is 158 Å². The molecule has 1 saturated heterocycles. The van der Waals surface area contributed by atoms with E-state index in [1.807, 2.05) is 31.2 Å². The smallest absolute Gasteiger partial charge is 0.310 e. The van der Waals surface area contributed by atoms with E-state index < -0.39 is 0 Å². The first-order valence-corrected chi connectivity index (χ1v) is 9.40. The van der Waals surface area contributed by atoms with Crippen LogP contribution in [0.25, 0.3) is 11.5 Å². The van der Waals surface area contributed by atoms with Gasteiger partial charge >= 0.3 is 5.97 Å². The van der Waals surface area contributed by atoms with Gasteiger partial charge in [0.1, 0.15) is 0 Å². The number of ether oxygens (including phenoxy) is 1. The number of hydrogen-bond acceptors (Lipinski definition) is 6. The second-order valence-corrected chi connectivity index (χ2v) is 6.80. The Morgan fingerprint density at radius 2 is 2.04 bits per heavy atom. The van der Waals surface area contributed by atoms with E-state index in [1.54, 1.807) is 11.8 Å². The molecule has 3 rings (SSSR count). The molecule has 1 aromatic heterocycles. The number of rotatable bonds is 6.